The van der Waals surface area contributed by atoms with Crippen LogP contribution >= 0.6 is 0 Å². The van der Waals surface area contributed by atoms with Gasteiger partial charge in [-0.3, -0.25) is 4.79 Å². The van der Waals surface area contributed by atoms with Crippen molar-refractivity contribution in [1.82, 2.24) is 9.61 Å². The fourth-order valence-electron chi connectivity index (χ4n) is 2.18. The Morgan fingerprint density at radius 2 is 1.95 bits per heavy atom. The summed E-state index contributed by atoms with van der Waals surface area (Å²) in [6.45, 7) is 0. The van der Waals surface area contributed by atoms with Gasteiger partial charge in [0.15, 0.2) is 0 Å². The van der Waals surface area contributed by atoms with Crippen LogP contribution in [0.25, 0.3) is 5.52 Å². The SMILES string of the molecule is CN(C(=O)c1cnn2ccccc12)c1ccccc1N. The van der Waals surface area contributed by atoms with E-state index in [1.807, 2.05) is 42.6 Å². The Labute approximate surface area is 116 Å². The largest absolute Gasteiger partial charge is 0.397 e. The van der Waals surface area contributed by atoms with E-state index in [9.17, 15) is 4.79 Å². The van der Waals surface area contributed by atoms with Crippen LogP contribution < -0.4 is 10.6 Å². The lowest BCUT2D eigenvalue weighted by Crippen LogP contribution is -2.26. The van der Waals surface area contributed by atoms with Crippen molar-refractivity contribution in [2.75, 3.05) is 17.7 Å². The minimum absolute atomic E-state index is 0.135. The van der Waals surface area contributed by atoms with E-state index >= 15 is 0 Å². The number of anilines is 2. The molecule has 3 rings (SSSR count). The first-order valence-electron chi connectivity index (χ1n) is 6.23. The fourth-order valence-corrected chi connectivity index (χ4v) is 2.18. The molecule has 1 amide bonds. The second-order valence-corrected chi connectivity index (χ2v) is 4.51. The molecule has 20 heavy (non-hydrogen) atoms. The van der Waals surface area contributed by atoms with Crippen molar-refractivity contribution >= 4 is 22.8 Å². The molecule has 3 aromatic rings. The quantitative estimate of drug-likeness (QED) is 0.723. The molecule has 2 heterocycles. The predicted octanol–water partition coefficient (Wildman–Crippen LogP) is 2.19. The molecule has 0 fully saturated rings. The number of amides is 1. The van der Waals surface area contributed by atoms with Gasteiger partial charge in [-0.05, 0) is 24.3 Å². The number of hydrogen-bond acceptors (Lipinski definition) is 3. The van der Waals surface area contributed by atoms with E-state index < -0.39 is 0 Å². The summed E-state index contributed by atoms with van der Waals surface area (Å²) in [5, 5.41) is 4.18. The molecule has 0 aliphatic heterocycles. The van der Waals surface area contributed by atoms with Gasteiger partial charge in [0.25, 0.3) is 5.91 Å². The van der Waals surface area contributed by atoms with Crippen LogP contribution in [0, 0.1) is 0 Å². The van der Waals surface area contributed by atoms with Crippen molar-refractivity contribution < 1.29 is 4.79 Å². The second-order valence-electron chi connectivity index (χ2n) is 4.51. The molecule has 0 saturated carbocycles. The van der Waals surface area contributed by atoms with Crippen molar-refractivity contribution in [1.29, 1.82) is 0 Å². The Morgan fingerprint density at radius 3 is 2.75 bits per heavy atom. The molecule has 5 heteroatoms. The summed E-state index contributed by atoms with van der Waals surface area (Å²) in [4.78, 5) is 14.1. The van der Waals surface area contributed by atoms with Crippen molar-refractivity contribution in [2.24, 2.45) is 0 Å². The molecule has 2 aromatic heterocycles. The van der Waals surface area contributed by atoms with Crippen molar-refractivity contribution in [3.05, 3.63) is 60.4 Å². The number of fused-ring (bicyclic) bond motifs is 1. The van der Waals surface area contributed by atoms with Gasteiger partial charge in [-0.25, -0.2) is 4.52 Å². The number of para-hydroxylation sites is 2. The first kappa shape index (κ1) is 12.2. The molecule has 1 aromatic carbocycles. The van der Waals surface area contributed by atoms with E-state index in [-0.39, 0.29) is 5.91 Å². The van der Waals surface area contributed by atoms with E-state index in [0.717, 1.165) is 5.52 Å². The zero-order valence-electron chi connectivity index (χ0n) is 11.0. The molecular weight excluding hydrogens is 252 g/mol. The van der Waals surface area contributed by atoms with Crippen molar-refractivity contribution in [2.45, 2.75) is 0 Å². The van der Waals surface area contributed by atoms with E-state index in [2.05, 4.69) is 5.10 Å². The lowest BCUT2D eigenvalue weighted by molar-refractivity contribution is 0.0994. The van der Waals surface area contributed by atoms with E-state index in [1.165, 1.54) is 0 Å². The molecule has 0 radical (unpaired) electrons. The number of aromatic nitrogens is 2. The Kier molecular flexibility index (Phi) is 2.87. The number of carbonyl (C=O) groups excluding carboxylic acids is 1. The Balaban J connectivity index is 2.03. The van der Waals surface area contributed by atoms with E-state index in [4.69, 9.17) is 5.73 Å². The first-order chi connectivity index (χ1) is 9.68. The maximum absolute atomic E-state index is 12.6. The average molecular weight is 266 g/mol. The molecule has 0 atom stereocenters. The highest BCUT2D eigenvalue weighted by molar-refractivity contribution is 6.11. The number of benzene rings is 1. The molecule has 0 aliphatic carbocycles. The van der Waals surface area contributed by atoms with Crippen LogP contribution in [0.15, 0.2) is 54.9 Å². The topological polar surface area (TPSA) is 63.6 Å². The van der Waals surface area contributed by atoms with Gasteiger partial charge in [0.1, 0.15) is 0 Å². The highest BCUT2D eigenvalue weighted by atomic mass is 16.2. The van der Waals surface area contributed by atoms with Crippen molar-refractivity contribution in [3.8, 4) is 0 Å². The number of nitrogens with two attached hydrogens (primary N) is 1. The van der Waals surface area contributed by atoms with Crippen LogP contribution in [0.5, 0.6) is 0 Å². The lowest BCUT2D eigenvalue weighted by Gasteiger charge is -2.18. The zero-order valence-corrected chi connectivity index (χ0v) is 11.0. The molecule has 0 aliphatic rings. The highest BCUT2D eigenvalue weighted by Gasteiger charge is 2.19. The van der Waals surface area contributed by atoms with Gasteiger partial charge in [0, 0.05) is 13.2 Å². The number of nitrogens with zero attached hydrogens (tertiary/aromatic N) is 3. The van der Waals surface area contributed by atoms with Crippen LogP contribution in [0.3, 0.4) is 0 Å². The number of rotatable bonds is 2. The zero-order chi connectivity index (χ0) is 14.1. The first-order valence-corrected chi connectivity index (χ1v) is 6.23. The maximum Gasteiger partial charge on any atom is 0.261 e. The molecule has 0 unspecified atom stereocenters. The summed E-state index contributed by atoms with van der Waals surface area (Å²) in [7, 11) is 1.71. The summed E-state index contributed by atoms with van der Waals surface area (Å²) < 4.78 is 1.68. The minimum atomic E-state index is -0.135. The van der Waals surface area contributed by atoms with Crippen LogP contribution in [0.4, 0.5) is 11.4 Å². The minimum Gasteiger partial charge on any atom is -0.397 e. The average Bonchev–Trinajstić information content (AvgIpc) is 2.90. The Hall–Kier alpha value is -2.82. The second kappa shape index (κ2) is 4.70. The molecular formula is C15H14N4O. The molecule has 100 valence electrons. The summed E-state index contributed by atoms with van der Waals surface area (Å²) in [6.07, 6.45) is 3.39. The van der Waals surface area contributed by atoms with Crippen LogP contribution in [-0.2, 0) is 0 Å². The molecule has 5 nitrogen and oxygen atoms in total. The number of pyridine rings is 1. The van der Waals surface area contributed by atoms with Gasteiger partial charge in [-0.2, -0.15) is 5.10 Å². The van der Waals surface area contributed by atoms with Gasteiger partial charge in [0.05, 0.1) is 28.7 Å². The third-order valence-corrected chi connectivity index (χ3v) is 3.26. The number of hydrogen-bond donors (Lipinski definition) is 1. The van der Waals surface area contributed by atoms with Gasteiger partial charge >= 0.3 is 0 Å². The Morgan fingerprint density at radius 1 is 1.20 bits per heavy atom. The lowest BCUT2D eigenvalue weighted by atomic mass is 10.2. The van der Waals surface area contributed by atoms with Crippen LogP contribution in [0.2, 0.25) is 0 Å². The van der Waals surface area contributed by atoms with Crippen LogP contribution in [-0.4, -0.2) is 22.6 Å². The van der Waals surface area contributed by atoms with E-state index in [0.29, 0.717) is 16.9 Å². The standard InChI is InChI=1S/C15H14N4O/c1-18(14-8-3-2-6-12(14)16)15(20)11-10-17-19-9-5-4-7-13(11)19/h2-10H,16H2,1H3. The number of carbonyl (C=O) groups is 1. The summed E-state index contributed by atoms with van der Waals surface area (Å²) in [6, 6.07) is 12.9. The summed E-state index contributed by atoms with van der Waals surface area (Å²) in [5.41, 5.74) is 8.50. The van der Waals surface area contributed by atoms with Gasteiger partial charge in [-0.1, -0.05) is 18.2 Å². The summed E-state index contributed by atoms with van der Waals surface area (Å²) >= 11 is 0. The van der Waals surface area contributed by atoms with E-state index in [1.54, 1.807) is 28.7 Å². The maximum atomic E-state index is 12.6. The number of nitrogen functional groups attached to an aromatic ring is 1. The highest BCUT2D eigenvalue weighted by Crippen LogP contribution is 2.23. The predicted molar refractivity (Wildman–Crippen MR) is 78.8 cm³/mol. The smallest absolute Gasteiger partial charge is 0.261 e. The Bertz CT molecular complexity index is 778. The van der Waals surface area contributed by atoms with Crippen molar-refractivity contribution in [3.63, 3.8) is 0 Å². The third kappa shape index (κ3) is 1.89. The van der Waals surface area contributed by atoms with Crippen LogP contribution in [0.1, 0.15) is 10.4 Å². The van der Waals surface area contributed by atoms with Gasteiger partial charge < -0.3 is 10.6 Å². The molecule has 2 N–H and O–H groups in total. The van der Waals surface area contributed by atoms with Gasteiger partial charge in [-0.15, -0.1) is 0 Å². The molecule has 0 spiro atoms. The fraction of sp³-hybridized carbons (Fsp3) is 0.0667. The molecule has 0 bridgehead atoms. The monoisotopic (exact) mass is 266 g/mol. The third-order valence-electron chi connectivity index (χ3n) is 3.26. The molecule has 0 saturated heterocycles. The van der Waals surface area contributed by atoms with Gasteiger partial charge in [0.2, 0.25) is 0 Å². The normalized spacial score (nSPS) is 10.7. The summed E-state index contributed by atoms with van der Waals surface area (Å²) in [5.74, 6) is -0.135.